The zero-order valence-electron chi connectivity index (χ0n) is 12.6. The minimum Gasteiger partial charge on any atom is -0.497 e. The highest BCUT2D eigenvalue weighted by atomic mass is 16.5. The summed E-state index contributed by atoms with van der Waals surface area (Å²) in [6.45, 7) is 1.99. The number of anilines is 1. The Morgan fingerprint density at radius 2 is 1.90 bits per heavy atom. The first-order valence-electron chi connectivity index (χ1n) is 6.84. The van der Waals surface area contributed by atoms with Gasteiger partial charge in [-0.2, -0.15) is 0 Å². The largest absolute Gasteiger partial charge is 0.497 e. The Bertz CT molecular complexity index is 598. The summed E-state index contributed by atoms with van der Waals surface area (Å²) in [5, 5.41) is 13.0. The van der Waals surface area contributed by atoms with Crippen LogP contribution in [0.15, 0.2) is 42.5 Å². The number of aliphatic hydroxyl groups excluding tert-OH is 1. The first-order valence-corrected chi connectivity index (χ1v) is 6.84. The van der Waals surface area contributed by atoms with Crippen molar-refractivity contribution < 1.29 is 14.6 Å². The molecule has 0 bridgehead atoms. The molecule has 0 amide bonds. The molecule has 0 radical (unpaired) electrons. The maximum atomic E-state index is 9.66. The second kappa shape index (κ2) is 6.99. The second-order valence-electron chi connectivity index (χ2n) is 4.84. The van der Waals surface area contributed by atoms with Crippen LogP contribution in [-0.2, 0) is 0 Å². The van der Waals surface area contributed by atoms with Gasteiger partial charge < -0.3 is 19.9 Å². The first kappa shape index (κ1) is 15.2. The number of nitrogens with one attached hydrogen (secondary N) is 1. The topological polar surface area (TPSA) is 50.7 Å². The molecule has 21 heavy (non-hydrogen) atoms. The van der Waals surface area contributed by atoms with Crippen LogP contribution >= 0.6 is 0 Å². The van der Waals surface area contributed by atoms with E-state index < -0.39 is 0 Å². The number of methoxy groups -OCH3 is 2. The van der Waals surface area contributed by atoms with Gasteiger partial charge in [-0.15, -0.1) is 0 Å². The highest BCUT2D eigenvalue weighted by Gasteiger charge is 2.12. The highest BCUT2D eigenvalue weighted by Crippen LogP contribution is 2.26. The number of hydrogen-bond acceptors (Lipinski definition) is 4. The minimum atomic E-state index is -0.179. The minimum absolute atomic E-state index is 0.00295. The average molecular weight is 287 g/mol. The van der Waals surface area contributed by atoms with Gasteiger partial charge in [0, 0.05) is 11.8 Å². The first-order chi connectivity index (χ1) is 10.2. The average Bonchev–Trinajstić information content (AvgIpc) is 2.52. The van der Waals surface area contributed by atoms with Gasteiger partial charge in [0.15, 0.2) is 0 Å². The molecule has 2 aromatic rings. The summed E-state index contributed by atoms with van der Waals surface area (Å²) in [4.78, 5) is 0. The van der Waals surface area contributed by atoms with Crippen LogP contribution in [0, 0.1) is 6.92 Å². The smallest absolute Gasteiger partial charge is 0.121 e. The molecule has 0 aliphatic carbocycles. The lowest BCUT2D eigenvalue weighted by Gasteiger charge is -2.19. The van der Waals surface area contributed by atoms with Gasteiger partial charge in [0.05, 0.1) is 26.9 Å². The van der Waals surface area contributed by atoms with Crippen molar-refractivity contribution in [1.29, 1.82) is 0 Å². The van der Waals surface area contributed by atoms with E-state index in [0.717, 1.165) is 28.3 Å². The van der Waals surface area contributed by atoms with E-state index in [0.29, 0.717) is 0 Å². The summed E-state index contributed by atoms with van der Waals surface area (Å²) < 4.78 is 10.5. The van der Waals surface area contributed by atoms with E-state index in [2.05, 4.69) is 5.32 Å². The van der Waals surface area contributed by atoms with E-state index >= 15 is 0 Å². The Kier molecular flexibility index (Phi) is 5.06. The van der Waals surface area contributed by atoms with E-state index in [4.69, 9.17) is 9.47 Å². The molecule has 0 fully saturated rings. The van der Waals surface area contributed by atoms with Gasteiger partial charge >= 0.3 is 0 Å². The molecular weight excluding hydrogens is 266 g/mol. The van der Waals surface area contributed by atoms with Crippen molar-refractivity contribution in [3.8, 4) is 11.5 Å². The predicted octanol–water partition coefficient (Wildman–Crippen LogP) is 3.16. The van der Waals surface area contributed by atoms with Crippen LogP contribution in [0.2, 0.25) is 0 Å². The third kappa shape index (κ3) is 3.67. The molecule has 0 aromatic heterocycles. The van der Waals surface area contributed by atoms with Gasteiger partial charge in [0.25, 0.3) is 0 Å². The molecule has 0 saturated carbocycles. The van der Waals surface area contributed by atoms with Crippen LogP contribution in [0.5, 0.6) is 11.5 Å². The Balaban J connectivity index is 2.21. The van der Waals surface area contributed by atoms with Crippen LogP contribution < -0.4 is 14.8 Å². The number of ether oxygens (including phenoxy) is 2. The second-order valence-corrected chi connectivity index (χ2v) is 4.84. The van der Waals surface area contributed by atoms with Crippen molar-refractivity contribution in [2.75, 3.05) is 26.1 Å². The van der Waals surface area contributed by atoms with Crippen molar-refractivity contribution in [2.24, 2.45) is 0 Å². The number of hydrogen-bond donors (Lipinski definition) is 2. The molecular formula is C17H21NO3. The number of benzene rings is 2. The standard InChI is InChI=1S/C17H21NO3/c1-12-9-13(7-8-17(12)21-3)16(11-19)18-14-5-4-6-15(10-14)20-2/h4-10,16,18-19H,11H2,1-3H3. The summed E-state index contributed by atoms with van der Waals surface area (Å²) in [7, 11) is 3.29. The molecule has 0 spiro atoms. The summed E-state index contributed by atoms with van der Waals surface area (Å²) >= 11 is 0. The van der Waals surface area contributed by atoms with Gasteiger partial charge in [-0.3, -0.25) is 0 Å². The fourth-order valence-corrected chi connectivity index (χ4v) is 2.27. The lowest BCUT2D eigenvalue weighted by atomic mass is 10.0. The maximum Gasteiger partial charge on any atom is 0.121 e. The quantitative estimate of drug-likeness (QED) is 0.857. The Morgan fingerprint density at radius 3 is 2.52 bits per heavy atom. The monoisotopic (exact) mass is 287 g/mol. The summed E-state index contributed by atoms with van der Waals surface area (Å²) in [6, 6.07) is 13.4. The van der Waals surface area contributed by atoms with Gasteiger partial charge in [0.2, 0.25) is 0 Å². The molecule has 4 nitrogen and oxygen atoms in total. The Labute approximate surface area is 125 Å². The molecule has 112 valence electrons. The zero-order chi connectivity index (χ0) is 15.2. The van der Waals surface area contributed by atoms with E-state index in [1.807, 2.05) is 49.4 Å². The highest BCUT2D eigenvalue weighted by molar-refractivity contribution is 5.50. The van der Waals surface area contributed by atoms with Crippen molar-refractivity contribution in [3.63, 3.8) is 0 Å². The zero-order valence-corrected chi connectivity index (χ0v) is 12.6. The lowest BCUT2D eigenvalue weighted by Crippen LogP contribution is -2.15. The summed E-state index contributed by atoms with van der Waals surface area (Å²) in [5.41, 5.74) is 2.96. The van der Waals surface area contributed by atoms with Crippen molar-refractivity contribution in [1.82, 2.24) is 0 Å². The van der Waals surface area contributed by atoms with E-state index in [-0.39, 0.29) is 12.6 Å². The van der Waals surface area contributed by atoms with Crippen LogP contribution in [0.25, 0.3) is 0 Å². The number of aliphatic hydroxyl groups is 1. The van der Waals surface area contributed by atoms with Crippen LogP contribution in [-0.4, -0.2) is 25.9 Å². The Morgan fingerprint density at radius 1 is 1.10 bits per heavy atom. The van der Waals surface area contributed by atoms with Gasteiger partial charge in [-0.1, -0.05) is 18.2 Å². The molecule has 1 atom stereocenters. The van der Waals surface area contributed by atoms with Crippen molar-refractivity contribution in [2.45, 2.75) is 13.0 Å². The van der Waals surface area contributed by atoms with Gasteiger partial charge in [0.1, 0.15) is 11.5 Å². The van der Waals surface area contributed by atoms with Crippen LogP contribution in [0.3, 0.4) is 0 Å². The third-order valence-electron chi connectivity index (χ3n) is 3.41. The Hall–Kier alpha value is -2.20. The molecule has 2 aromatic carbocycles. The maximum absolute atomic E-state index is 9.66. The summed E-state index contributed by atoms with van der Waals surface area (Å²) in [5.74, 6) is 1.62. The van der Waals surface area contributed by atoms with E-state index in [1.54, 1.807) is 14.2 Å². The number of rotatable bonds is 6. The lowest BCUT2D eigenvalue weighted by molar-refractivity contribution is 0.276. The predicted molar refractivity (Wildman–Crippen MR) is 84.2 cm³/mol. The van der Waals surface area contributed by atoms with Crippen molar-refractivity contribution in [3.05, 3.63) is 53.6 Å². The third-order valence-corrected chi connectivity index (χ3v) is 3.41. The molecule has 2 N–H and O–H groups in total. The number of aryl methyl sites for hydroxylation is 1. The fourth-order valence-electron chi connectivity index (χ4n) is 2.27. The fraction of sp³-hybridized carbons (Fsp3) is 0.294. The molecule has 4 heteroatoms. The molecule has 0 aliphatic rings. The molecule has 1 unspecified atom stereocenters. The molecule has 0 aliphatic heterocycles. The van der Waals surface area contributed by atoms with E-state index in [9.17, 15) is 5.11 Å². The molecule has 2 rings (SSSR count). The molecule has 0 saturated heterocycles. The normalized spacial score (nSPS) is 11.8. The van der Waals surface area contributed by atoms with Gasteiger partial charge in [-0.25, -0.2) is 0 Å². The van der Waals surface area contributed by atoms with Crippen LogP contribution in [0.1, 0.15) is 17.2 Å². The van der Waals surface area contributed by atoms with E-state index in [1.165, 1.54) is 0 Å². The molecule has 0 heterocycles. The van der Waals surface area contributed by atoms with Gasteiger partial charge in [-0.05, 0) is 36.2 Å². The summed E-state index contributed by atoms with van der Waals surface area (Å²) in [6.07, 6.45) is 0. The van der Waals surface area contributed by atoms with Crippen molar-refractivity contribution >= 4 is 5.69 Å². The van der Waals surface area contributed by atoms with Crippen LogP contribution in [0.4, 0.5) is 5.69 Å². The SMILES string of the molecule is COc1cccc(NC(CO)c2ccc(OC)c(C)c2)c1.